The van der Waals surface area contributed by atoms with Crippen LogP contribution in [-0.4, -0.2) is 56.5 Å². The molecule has 0 N–H and O–H groups in total. The van der Waals surface area contributed by atoms with Crippen molar-refractivity contribution in [3.05, 3.63) is 17.7 Å². The first kappa shape index (κ1) is 16.8. The van der Waals surface area contributed by atoms with Crippen LogP contribution in [0.1, 0.15) is 19.4 Å². The fraction of sp³-hybridized carbons (Fsp3) is 0.562. The fourth-order valence-corrected chi connectivity index (χ4v) is 3.02. The first-order chi connectivity index (χ1) is 10.5. The van der Waals surface area contributed by atoms with Crippen molar-refractivity contribution in [1.29, 1.82) is 0 Å². The highest BCUT2D eigenvalue weighted by Gasteiger charge is 2.26. The van der Waals surface area contributed by atoms with Gasteiger partial charge in [-0.15, -0.1) is 0 Å². The molecule has 122 valence electrons. The molecule has 0 unspecified atom stereocenters. The first-order valence-corrected chi connectivity index (χ1v) is 7.65. The summed E-state index contributed by atoms with van der Waals surface area (Å²) in [6.45, 7) is 5.63. The van der Waals surface area contributed by atoms with E-state index in [-0.39, 0.29) is 12.2 Å². The van der Waals surface area contributed by atoms with E-state index in [1.54, 1.807) is 27.4 Å². The van der Waals surface area contributed by atoms with Gasteiger partial charge in [0.15, 0.2) is 11.5 Å². The SMILES string of the molecule is COc1cc(OC)c(C(=S)N2C[C@@H](C)O[C@H](C)C2)cc1OC. The molecule has 0 saturated carbocycles. The summed E-state index contributed by atoms with van der Waals surface area (Å²) in [7, 11) is 4.83. The normalized spacial score (nSPS) is 21.4. The van der Waals surface area contributed by atoms with Crippen molar-refractivity contribution in [2.45, 2.75) is 26.1 Å². The second-order valence-electron chi connectivity index (χ2n) is 5.37. The van der Waals surface area contributed by atoms with Crippen LogP contribution in [0, 0.1) is 0 Å². The van der Waals surface area contributed by atoms with Crippen LogP contribution < -0.4 is 14.2 Å². The standard InChI is InChI=1S/C16H23NO4S/c1-10-8-17(9-11(2)21-10)16(22)12-6-14(19-4)15(20-5)7-13(12)18-3/h6-7,10-11H,8-9H2,1-5H3/t10-,11-/m1/s1. The zero-order chi connectivity index (χ0) is 16.3. The van der Waals surface area contributed by atoms with Crippen molar-refractivity contribution in [2.75, 3.05) is 34.4 Å². The second kappa shape index (κ2) is 7.15. The van der Waals surface area contributed by atoms with E-state index in [0.717, 1.165) is 23.6 Å². The van der Waals surface area contributed by atoms with Gasteiger partial charge >= 0.3 is 0 Å². The van der Waals surface area contributed by atoms with Crippen molar-refractivity contribution in [1.82, 2.24) is 4.90 Å². The predicted octanol–water partition coefficient (Wildman–Crippen LogP) is 2.50. The van der Waals surface area contributed by atoms with Crippen LogP contribution in [0.3, 0.4) is 0 Å². The summed E-state index contributed by atoms with van der Waals surface area (Å²) >= 11 is 5.68. The van der Waals surface area contributed by atoms with Gasteiger partial charge in [-0.1, -0.05) is 12.2 Å². The van der Waals surface area contributed by atoms with Crippen LogP contribution >= 0.6 is 12.2 Å². The Labute approximate surface area is 137 Å². The average Bonchev–Trinajstić information content (AvgIpc) is 2.51. The minimum absolute atomic E-state index is 0.146. The summed E-state index contributed by atoms with van der Waals surface area (Å²) in [6, 6.07) is 3.67. The number of nitrogens with zero attached hydrogens (tertiary/aromatic N) is 1. The lowest BCUT2D eigenvalue weighted by Gasteiger charge is -2.37. The monoisotopic (exact) mass is 325 g/mol. The van der Waals surface area contributed by atoms with E-state index in [0.29, 0.717) is 17.2 Å². The van der Waals surface area contributed by atoms with E-state index >= 15 is 0 Å². The predicted molar refractivity (Wildman–Crippen MR) is 89.4 cm³/mol. The number of thiocarbonyl (C=S) groups is 1. The molecule has 0 aromatic heterocycles. The molecular weight excluding hydrogens is 302 g/mol. The number of benzene rings is 1. The quantitative estimate of drug-likeness (QED) is 0.792. The maximum atomic E-state index is 5.76. The number of hydrogen-bond donors (Lipinski definition) is 0. The maximum Gasteiger partial charge on any atom is 0.164 e. The average molecular weight is 325 g/mol. The topological polar surface area (TPSA) is 40.2 Å². The molecule has 0 bridgehead atoms. The zero-order valence-corrected chi connectivity index (χ0v) is 14.5. The van der Waals surface area contributed by atoms with Crippen LogP contribution in [0.25, 0.3) is 0 Å². The number of rotatable bonds is 4. The molecule has 2 rings (SSSR count). The second-order valence-corrected chi connectivity index (χ2v) is 5.76. The third-order valence-electron chi connectivity index (χ3n) is 3.64. The molecule has 1 aromatic rings. The lowest BCUT2D eigenvalue weighted by molar-refractivity contribution is -0.0472. The zero-order valence-electron chi connectivity index (χ0n) is 13.7. The van der Waals surface area contributed by atoms with E-state index in [9.17, 15) is 0 Å². The number of ether oxygens (including phenoxy) is 4. The van der Waals surface area contributed by atoms with Crippen molar-refractivity contribution >= 4 is 17.2 Å². The Bertz CT molecular complexity index is 539. The van der Waals surface area contributed by atoms with Crippen molar-refractivity contribution < 1.29 is 18.9 Å². The summed E-state index contributed by atoms with van der Waals surface area (Å²) in [4.78, 5) is 2.89. The van der Waals surface area contributed by atoms with Gasteiger partial charge in [-0.25, -0.2) is 0 Å². The van der Waals surface area contributed by atoms with Gasteiger partial charge in [0.05, 0.1) is 39.1 Å². The first-order valence-electron chi connectivity index (χ1n) is 7.24. The summed E-state index contributed by atoms with van der Waals surface area (Å²) in [5.74, 6) is 1.93. The Morgan fingerprint density at radius 2 is 1.50 bits per heavy atom. The summed E-state index contributed by atoms with van der Waals surface area (Å²) < 4.78 is 21.9. The molecule has 1 heterocycles. The van der Waals surface area contributed by atoms with Gasteiger partial charge in [-0.3, -0.25) is 0 Å². The van der Waals surface area contributed by atoms with Gasteiger partial charge in [-0.05, 0) is 19.9 Å². The van der Waals surface area contributed by atoms with E-state index in [1.165, 1.54) is 0 Å². The Hall–Kier alpha value is -1.53. The molecule has 1 saturated heterocycles. The van der Waals surface area contributed by atoms with Crippen LogP contribution in [0.2, 0.25) is 0 Å². The molecule has 5 nitrogen and oxygen atoms in total. The Balaban J connectivity index is 2.35. The minimum Gasteiger partial charge on any atom is -0.496 e. The molecule has 6 heteroatoms. The third kappa shape index (κ3) is 3.44. The van der Waals surface area contributed by atoms with Crippen molar-refractivity contribution in [3.63, 3.8) is 0 Å². The Morgan fingerprint density at radius 3 is 2.00 bits per heavy atom. The maximum absolute atomic E-state index is 5.76. The lowest BCUT2D eigenvalue weighted by atomic mass is 10.1. The lowest BCUT2D eigenvalue weighted by Crippen LogP contribution is -2.47. The summed E-state index contributed by atoms with van der Waals surface area (Å²) in [6.07, 6.45) is 0.292. The summed E-state index contributed by atoms with van der Waals surface area (Å²) in [5, 5.41) is 0. The number of morpholine rings is 1. The molecule has 1 aliphatic rings. The Morgan fingerprint density at radius 1 is 1.00 bits per heavy atom. The van der Waals surface area contributed by atoms with Gasteiger partial charge in [0.1, 0.15) is 10.7 Å². The highest BCUT2D eigenvalue weighted by atomic mass is 32.1. The van der Waals surface area contributed by atoms with Crippen molar-refractivity contribution in [2.24, 2.45) is 0 Å². The van der Waals surface area contributed by atoms with Gasteiger partial charge < -0.3 is 23.8 Å². The van der Waals surface area contributed by atoms with Gasteiger partial charge in [0, 0.05) is 19.2 Å². The van der Waals surface area contributed by atoms with Crippen molar-refractivity contribution in [3.8, 4) is 17.2 Å². The highest BCUT2D eigenvalue weighted by molar-refractivity contribution is 7.80. The van der Waals surface area contributed by atoms with Gasteiger partial charge in [0.2, 0.25) is 0 Å². The number of hydrogen-bond acceptors (Lipinski definition) is 5. The van der Waals surface area contributed by atoms with Crippen LogP contribution in [0.15, 0.2) is 12.1 Å². The van der Waals surface area contributed by atoms with Gasteiger partial charge in [-0.2, -0.15) is 0 Å². The molecular formula is C16H23NO4S. The molecule has 0 radical (unpaired) electrons. The largest absolute Gasteiger partial charge is 0.496 e. The molecule has 22 heavy (non-hydrogen) atoms. The van der Waals surface area contributed by atoms with Crippen LogP contribution in [-0.2, 0) is 4.74 Å². The number of methoxy groups -OCH3 is 3. The van der Waals surface area contributed by atoms with E-state index in [4.69, 9.17) is 31.2 Å². The molecule has 1 aliphatic heterocycles. The molecule has 2 atom stereocenters. The van der Waals surface area contributed by atoms with Crippen LogP contribution in [0.4, 0.5) is 0 Å². The highest BCUT2D eigenvalue weighted by Crippen LogP contribution is 2.35. The van der Waals surface area contributed by atoms with Gasteiger partial charge in [0.25, 0.3) is 0 Å². The Kier molecular flexibility index (Phi) is 5.47. The molecule has 1 aromatic carbocycles. The molecule has 0 spiro atoms. The third-order valence-corrected chi connectivity index (χ3v) is 4.12. The molecule has 1 fully saturated rings. The summed E-state index contributed by atoms with van der Waals surface area (Å²) in [5.41, 5.74) is 0.830. The minimum atomic E-state index is 0.146. The van der Waals surface area contributed by atoms with E-state index in [1.807, 2.05) is 6.07 Å². The van der Waals surface area contributed by atoms with Crippen LogP contribution in [0.5, 0.6) is 17.2 Å². The molecule has 0 amide bonds. The van der Waals surface area contributed by atoms with E-state index < -0.39 is 0 Å². The molecule has 0 aliphatic carbocycles. The smallest absolute Gasteiger partial charge is 0.164 e. The fourth-order valence-electron chi connectivity index (χ4n) is 2.71. The van der Waals surface area contributed by atoms with E-state index in [2.05, 4.69) is 18.7 Å².